The van der Waals surface area contributed by atoms with Crippen LogP contribution in [0.4, 0.5) is 0 Å². The first-order valence-electron chi connectivity index (χ1n) is 16.1. The SMILES string of the molecule is C=C(C)C1=C(C)C[C@@]2(C)[C@H](C)[C@]3(C)C(=C(C)[C@@]2(C)C1=C)C(=C)c1c(ccc(CC2C(=C)c4ccccc4C2=C)c1C)[C@H]3C. The molecule has 0 amide bonds. The molecule has 0 aliphatic heterocycles. The van der Waals surface area contributed by atoms with Gasteiger partial charge >= 0.3 is 0 Å². The summed E-state index contributed by atoms with van der Waals surface area (Å²) in [6.07, 6.45) is 1.98. The number of allylic oxidation sites excluding steroid dienone is 9. The van der Waals surface area contributed by atoms with Crippen molar-refractivity contribution in [3.8, 4) is 0 Å². The van der Waals surface area contributed by atoms with Gasteiger partial charge in [-0.3, -0.25) is 0 Å². The summed E-state index contributed by atoms with van der Waals surface area (Å²) in [6, 6.07) is 13.4. The minimum atomic E-state index is -0.175. The van der Waals surface area contributed by atoms with Crippen LogP contribution in [0.2, 0.25) is 0 Å². The zero-order valence-corrected chi connectivity index (χ0v) is 28.1. The van der Waals surface area contributed by atoms with Crippen LogP contribution in [0.25, 0.3) is 16.7 Å². The average molecular weight is 567 g/mol. The van der Waals surface area contributed by atoms with Crippen LogP contribution in [0.3, 0.4) is 0 Å². The fraction of sp³-hybridized carbons (Fsp3) is 0.395. The van der Waals surface area contributed by atoms with Crippen LogP contribution in [-0.4, -0.2) is 0 Å². The van der Waals surface area contributed by atoms with Crippen molar-refractivity contribution >= 4 is 16.7 Å². The van der Waals surface area contributed by atoms with Gasteiger partial charge < -0.3 is 0 Å². The molecule has 0 heterocycles. The van der Waals surface area contributed by atoms with Gasteiger partial charge in [-0.25, -0.2) is 0 Å². The summed E-state index contributed by atoms with van der Waals surface area (Å²) in [6.45, 7) is 44.9. The number of hydrogen-bond acceptors (Lipinski definition) is 0. The Morgan fingerprint density at radius 3 is 2.02 bits per heavy atom. The zero-order valence-electron chi connectivity index (χ0n) is 28.1. The van der Waals surface area contributed by atoms with Crippen molar-refractivity contribution in [2.75, 3.05) is 0 Å². The van der Waals surface area contributed by atoms with E-state index in [-0.39, 0.29) is 22.2 Å². The number of benzene rings is 2. The van der Waals surface area contributed by atoms with Crippen molar-refractivity contribution in [3.05, 3.63) is 136 Å². The summed E-state index contributed by atoms with van der Waals surface area (Å²) >= 11 is 0. The number of fused-ring (bicyclic) bond motifs is 4. The summed E-state index contributed by atoms with van der Waals surface area (Å²) in [4.78, 5) is 0. The fourth-order valence-electron chi connectivity index (χ4n) is 10.5. The highest BCUT2D eigenvalue weighted by atomic mass is 14.7. The summed E-state index contributed by atoms with van der Waals surface area (Å²) in [5, 5.41) is 0. The van der Waals surface area contributed by atoms with Gasteiger partial charge in [0, 0.05) is 16.7 Å². The molecule has 0 N–H and O–H groups in total. The molecule has 5 atom stereocenters. The molecular formula is C43H50. The lowest BCUT2D eigenvalue weighted by Gasteiger charge is -2.67. The van der Waals surface area contributed by atoms with Crippen LogP contribution in [0, 0.1) is 35.0 Å². The second-order valence-electron chi connectivity index (χ2n) is 15.0. The lowest BCUT2D eigenvalue weighted by Crippen LogP contribution is -2.58. The predicted molar refractivity (Wildman–Crippen MR) is 188 cm³/mol. The van der Waals surface area contributed by atoms with E-state index in [2.05, 4.69) is 118 Å². The molecule has 2 aromatic rings. The Morgan fingerprint density at radius 1 is 0.884 bits per heavy atom. The van der Waals surface area contributed by atoms with Crippen LogP contribution < -0.4 is 0 Å². The Bertz CT molecular complexity index is 1730. The van der Waals surface area contributed by atoms with Crippen molar-refractivity contribution < 1.29 is 0 Å². The van der Waals surface area contributed by atoms with E-state index in [1.165, 1.54) is 78.0 Å². The van der Waals surface area contributed by atoms with E-state index in [4.69, 9.17) is 13.2 Å². The smallest absolute Gasteiger partial charge is 0.0196 e. The molecule has 4 aliphatic carbocycles. The highest BCUT2D eigenvalue weighted by molar-refractivity contribution is 5.94. The molecule has 0 saturated heterocycles. The second kappa shape index (κ2) is 9.31. The van der Waals surface area contributed by atoms with Gasteiger partial charge in [-0.05, 0) is 125 Å². The van der Waals surface area contributed by atoms with E-state index in [1.54, 1.807) is 0 Å². The Hall–Kier alpha value is -3.38. The van der Waals surface area contributed by atoms with Crippen molar-refractivity contribution in [3.63, 3.8) is 0 Å². The molecule has 43 heavy (non-hydrogen) atoms. The van der Waals surface area contributed by atoms with Gasteiger partial charge in [-0.2, -0.15) is 0 Å². The standard InChI is InChI=1S/C43H50/c1-23(2)38-24(3)22-41(12)32(11)42(13)29(8)36-20-19-33(21-37-26(5)34-17-15-16-18-35(34)27(37)6)25(4)39(36)28(7)40(42)31(10)43(41,14)30(38)9/h15-20,29,32,37H,1,5-7,9,21-22H2,2-4,8,10-14H3/t29-,32+,41+,42-,43-/m1/s1. The van der Waals surface area contributed by atoms with Crippen molar-refractivity contribution in [2.24, 2.45) is 28.1 Å². The molecule has 0 nitrogen and oxygen atoms in total. The third-order valence-corrected chi connectivity index (χ3v) is 13.5. The highest BCUT2D eigenvalue weighted by Gasteiger charge is 2.65. The molecule has 0 fully saturated rings. The Kier molecular flexibility index (Phi) is 6.43. The molecule has 4 aliphatic rings. The summed E-state index contributed by atoms with van der Waals surface area (Å²) in [5.74, 6) is 1.01. The van der Waals surface area contributed by atoms with E-state index < -0.39 is 0 Å². The van der Waals surface area contributed by atoms with Gasteiger partial charge in [0.2, 0.25) is 0 Å². The molecule has 0 heteroatoms. The minimum Gasteiger partial charge on any atom is -0.0955 e. The molecule has 0 unspecified atom stereocenters. The Morgan fingerprint density at radius 2 is 1.47 bits per heavy atom. The number of rotatable bonds is 3. The largest absolute Gasteiger partial charge is 0.0955 e. The number of hydrogen-bond donors (Lipinski definition) is 0. The average Bonchev–Trinajstić information content (AvgIpc) is 3.19. The van der Waals surface area contributed by atoms with Gasteiger partial charge in [0.15, 0.2) is 0 Å². The molecule has 6 rings (SSSR count). The van der Waals surface area contributed by atoms with Crippen LogP contribution >= 0.6 is 0 Å². The summed E-state index contributed by atoms with van der Waals surface area (Å²) in [5.41, 5.74) is 19.5. The van der Waals surface area contributed by atoms with E-state index in [9.17, 15) is 0 Å². The quantitative estimate of drug-likeness (QED) is 0.347. The first-order chi connectivity index (χ1) is 20.0. The maximum absolute atomic E-state index is 4.93. The molecule has 0 saturated carbocycles. The Labute approximate surface area is 261 Å². The van der Waals surface area contributed by atoms with Crippen LogP contribution in [-0.2, 0) is 6.42 Å². The predicted octanol–water partition coefficient (Wildman–Crippen LogP) is 11.9. The van der Waals surface area contributed by atoms with Gasteiger partial charge in [-0.15, -0.1) is 0 Å². The van der Waals surface area contributed by atoms with Crippen LogP contribution in [0.5, 0.6) is 0 Å². The molecule has 2 aromatic carbocycles. The third kappa shape index (κ3) is 3.44. The topological polar surface area (TPSA) is 0 Å². The van der Waals surface area contributed by atoms with Gasteiger partial charge in [-0.1, -0.05) is 121 Å². The maximum atomic E-state index is 4.93. The van der Waals surface area contributed by atoms with Gasteiger partial charge in [0.1, 0.15) is 0 Å². The molecule has 0 bridgehead atoms. The first kappa shape index (κ1) is 29.7. The van der Waals surface area contributed by atoms with E-state index >= 15 is 0 Å². The van der Waals surface area contributed by atoms with Gasteiger partial charge in [0.05, 0.1) is 0 Å². The highest BCUT2D eigenvalue weighted by Crippen LogP contribution is 2.74. The lowest BCUT2D eigenvalue weighted by molar-refractivity contribution is -0.0260. The fourth-order valence-corrected chi connectivity index (χ4v) is 10.5. The molecular weight excluding hydrogens is 516 g/mol. The van der Waals surface area contributed by atoms with Crippen molar-refractivity contribution in [2.45, 2.75) is 81.1 Å². The van der Waals surface area contributed by atoms with Crippen molar-refractivity contribution in [1.29, 1.82) is 0 Å². The molecule has 0 radical (unpaired) electrons. The minimum absolute atomic E-state index is 0.0344. The summed E-state index contributed by atoms with van der Waals surface area (Å²) in [7, 11) is 0. The third-order valence-electron chi connectivity index (χ3n) is 13.5. The normalized spacial score (nSPS) is 32.1. The molecule has 222 valence electrons. The van der Waals surface area contributed by atoms with E-state index in [1.807, 2.05) is 0 Å². The maximum Gasteiger partial charge on any atom is 0.0196 e. The Balaban J connectivity index is 1.51. The van der Waals surface area contributed by atoms with Crippen molar-refractivity contribution in [1.82, 2.24) is 0 Å². The van der Waals surface area contributed by atoms with Crippen LogP contribution in [0.15, 0.2) is 103 Å². The van der Waals surface area contributed by atoms with Gasteiger partial charge in [0.25, 0.3) is 0 Å². The van der Waals surface area contributed by atoms with E-state index in [0.29, 0.717) is 11.8 Å². The molecule has 0 spiro atoms. The first-order valence-corrected chi connectivity index (χ1v) is 16.1. The monoisotopic (exact) mass is 566 g/mol. The second-order valence-corrected chi connectivity index (χ2v) is 15.0. The zero-order chi connectivity index (χ0) is 31.5. The van der Waals surface area contributed by atoms with E-state index in [0.717, 1.165) is 18.4 Å². The summed E-state index contributed by atoms with van der Waals surface area (Å²) < 4.78 is 0. The molecule has 0 aromatic heterocycles. The van der Waals surface area contributed by atoms with Crippen LogP contribution in [0.1, 0.15) is 101 Å². The lowest BCUT2D eigenvalue weighted by atomic mass is 9.36.